The van der Waals surface area contributed by atoms with Gasteiger partial charge in [-0.3, -0.25) is 4.79 Å². The SMILES string of the molecule is CCCCN(Cc1cccn1Cc1ccccc1)C(=O)COCc1ccccc1. The lowest BCUT2D eigenvalue weighted by atomic mass is 10.2. The van der Waals surface area contributed by atoms with E-state index in [0.29, 0.717) is 13.2 Å². The predicted octanol–water partition coefficient (Wildman–Crippen LogP) is 4.88. The molecule has 4 nitrogen and oxygen atoms in total. The molecule has 0 aliphatic heterocycles. The summed E-state index contributed by atoms with van der Waals surface area (Å²) in [6.45, 7) is 4.88. The molecule has 2 aromatic carbocycles. The van der Waals surface area contributed by atoms with Crippen LogP contribution in [0.25, 0.3) is 0 Å². The average molecular weight is 391 g/mol. The molecule has 0 saturated heterocycles. The molecule has 0 atom stereocenters. The lowest BCUT2D eigenvalue weighted by Gasteiger charge is -2.23. The van der Waals surface area contributed by atoms with Crippen molar-refractivity contribution in [2.75, 3.05) is 13.2 Å². The summed E-state index contributed by atoms with van der Waals surface area (Å²) in [6, 6.07) is 24.5. The highest BCUT2D eigenvalue weighted by Crippen LogP contribution is 2.12. The van der Waals surface area contributed by atoms with Gasteiger partial charge in [0.05, 0.1) is 13.2 Å². The normalized spacial score (nSPS) is 10.8. The molecule has 4 heteroatoms. The van der Waals surface area contributed by atoms with Crippen LogP contribution in [-0.4, -0.2) is 28.5 Å². The molecule has 0 saturated carbocycles. The summed E-state index contributed by atoms with van der Waals surface area (Å²) in [5, 5.41) is 0. The Kier molecular flexibility index (Phi) is 8.08. The van der Waals surface area contributed by atoms with Crippen molar-refractivity contribution in [3.8, 4) is 0 Å². The van der Waals surface area contributed by atoms with Crippen LogP contribution >= 0.6 is 0 Å². The second-order valence-electron chi connectivity index (χ2n) is 7.26. The summed E-state index contributed by atoms with van der Waals surface area (Å²) in [7, 11) is 0. The molecule has 152 valence electrons. The Hall–Kier alpha value is -2.85. The van der Waals surface area contributed by atoms with Crippen LogP contribution in [0.5, 0.6) is 0 Å². The van der Waals surface area contributed by atoms with E-state index in [9.17, 15) is 4.79 Å². The van der Waals surface area contributed by atoms with Gasteiger partial charge in [-0.25, -0.2) is 0 Å². The summed E-state index contributed by atoms with van der Waals surface area (Å²) in [5.74, 6) is 0.0434. The largest absolute Gasteiger partial charge is 0.367 e. The number of unbranched alkanes of at least 4 members (excludes halogenated alkanes) is 1. The highest BCUT2D eigenvalue weighted by molar-refractivity contribution is 5.77. The van der Waals surface area contributed by atoms with Crippen molar-refractivity contribution in [3.05, 3.63) is 95.8 Å². The van der Waals surface area contributed by atoms with Gasteiger partial charge in [-0.05, 0) is 29.7 Å². The monoisotopic (exact) mass is 390 g/mol. The van der Waals surface area contributed by atoms with Crippen molar-refractivity contribution in [1.82, 2.24) is 9.47 Å². The molecule has 0 aliphatic rings. The van der Waals surface area contributed by atoms with Gasteiger partial charge < -0.3 is 14.2 Å². The van der Waals surface area contributed by atoms with Gasteiger partial charge in [-0.2, -0.15) is 0 Å². The van der Waals surface area contributed by atoms with Gasteiger partial charge in [0.25, 0.3) is 0 Å². The van der Waals surface area contributed by atoms with E-state index >= 15 is 0 Å². The minimum Gasteiger partial charge on any atom is -0.367 e. The number of hydrogen-bond acceptors (Lipinski definition) is 2. The Bertz CT molecular complexity index is 859. The molecule has 0 fully saturated rings. The van der Waals surface area contributed by atoms with E-state index in [1.54, 1.807) is 0 Å². The maximum absolute atomic E-state index is 12.8. The molecule has 0 aliphatic carbocycles. The van der Waals surface area contributed by atoms with E-state index in [0.717, 1.165) is 37.2 Å². The van der Waals surface area contributed by atoms with Crippen molar-refractivity contribution in [2.45, 2.75) is 39.5 Å². The van der Waals surface area contributed by atoms with Crippen molar-refractivity contribution >= 4 is 5.91 Å². The van der Waals surface area contributed by atoms with Crippen LogP contribution in [0.3, 0.4) is 0 Å². The molecule has 0 bridgehead atoms. The predicted molar refractivity (Wildman–Crippen MR) is 116 cm³/mol. The summed E-state index contributed by atoms with van der Waals surface area (Å²) in [4.78, 5) is 14.7. The van der Waals surface area contributed by atoms with Crippen LogP contribution in [0, 0.1) is 0 Å². The van der Waals surface area contributed by atoms with E-state index in [1.807, 2.05) is 47.4 Å². The average Bonchev–Trinajstić information content (AvgIpc) is 3.19. The van der Waals surface area contributed by atoms with Gasteiger partial charge in [-0.1, -0.05) is 74.0 Å². The summed E-state index contributed by atoms with van der Waals surface area (Å²) in [5.41, 5.74) is 3.47. The van der Waals surface area contributed by atoms with Gasteiger partial charge in [0, 0.05) is 25.0 Å². The Morgan fingerprint density at radius 3 is 2.31 bits per heavy atom. The fourth-order valence-corrected chi connectivity index (χ4v) is 3.29. The molecule has 0 N–H and O–H groups in total. The van der Waals surface area contributed by atoms with E-state index in [1.165, 1.54) is 5.56 Å². The fourth-order valence-electron chi connectivity index (χ4n) is 3.29. The fraction of sp³-hybridized carbons (Fsp3) is 0.320. The lowest BCUT2D eigenvalue weighted by molar-refractivity contribution is -0.137. The number of carbonyl (C=O) groups excluding carboxylic acids is 1. The smallest absolute Gasteiger partial charge is 0.248 e. The molecule has 3 aromatic rings. The first-order valence-electron chi connectivity index (χ1n) is 10.3. The maximum atomic E-state index is 12.8. The zero-order valence-electron chi connectivity index (χ0n) is 17.2. The van der Waals surface area contributed by atoms with Crippen LogP contribution in [-0.2, 0) is 29.2 Å². The number of benzene rings is 2. The zero-order chi connectivity index (χ0) is 20.3. The van der Waals surface area contributed by atoms with Crippen molar-refractivity contribution in [1.29, 1.82) is 0 Å². The highest BCUT2D eigenvalue weighted by atomic mass is 16.5. The first kappa shape index (κ1) is 20.9. The third-order valence-corrected chi connectivity index (χ3v) is 4.94. The third kappa shape index (κ3) is 6.61. The van der Waals surface area contributed by atoms with Crippen molar-refractivity contribution in [2.24, 2.45) is 0 Å². The quantitative estimate of drug-likeness (QED) is 0.468. The number of aromatic nitrogens is 1. The number of carbonyl (C=O) groups is 1. The number of rotatable bonds is 11. The summed E-state index contributed by atoms with van der Waals surface area (Å²) in [6.07, 6.45) is 4.13. The molecular formula is C25H30N2O2. The Morgan fingerprint density at radius 1 is 0.931 bits per heavy atom. The minimum absolute atomic E-state index is 0.0434. The number of nitrogens with zero attached hydrogens (tertiary/aromatic N) is 2. The second-order valence-corrected chi connectivity index (χ2v) is 7.26. The molecule has 0 radical (unpaired) electrons. The van der Waals surface area contributed by atoms with E-state index in [2.05, 4.69) is 48.0 Å². The summed E-state index contributed by atoms with van der Waals surface area (Å²) >= 11 is 0. The molecule has 1 aromatic heterocycles. The van der Waals surface area contributed by atoms with Gasteiger partial charge in [0.2, 0.25) is 5.91 Å². The molecule has 1 heterocycles. The molecule has 29 heavy (non-hydrogen) atoms. The third-order valence-electron chi connectivity index (χ3n) is 4.94. The number of ether oxygens (including phenoxy) is 1. The standard InChI is InChI=1S/C25H30N2O2/c1-2-3-16-27(25(28)21-29-20-23-13-8-5-9-14-23)19-24-15-10-17-26(24)18-22-11-6-4-7-12-22/h4-15,17H,2-3,16,18-21H2,1H3. The first-order chi connectivity index (χ1) is 14.3. The van der Waals surface area contributed by atoms with E-state index in [4.69, 9.17) is 4.74 Å². The van der Waals surface area contributed by atoms with Crippen LogP contribution in [0.15, 0.2) is 79.0 Å². The Morgan fingerprint density at radius 2 is 1.62 bits per heavy atom. The van der Waals surface area contributed by atoms with Crippen LogP contribution < -0.4 is 0 Å². The molecule has 3 rings (SSSR count). The van der Waals surface area contributed by atoms with Crippen molar-refractivity contribution in [3.63, 3.8) is 0 Å². The van der Waals surface area contributed by atoms with E-state index in [-0.39, 0.29) is 12.5 Å². The number of hydrogen-bond donors (Lipinski definition) is 0. The summed E-state index contributed by atoms with van der Waals surface area (Å²) < 4.78 is 7.90. The van der Waals surface area contributed by atoms with Gasteiger partial charge in [0.1, 0.15) is 6.61 Å². The zero-order valence-corrected chi connectivity index (χ0v) is 17.2. The second kappa shape index (κ2) is 11.2. The molecule has 1 amide bonds. The number of amides is 1. The Labute approximate surface area is 173 Å². The lowest BCUT2D eigenvalue weighted by Crippen LogP contribution is -2.35. The van der Waals surface area contributed by atoms with Crippen LogP contribution in [0.1, 0.15) is 36.6 Å². The highest BCUT2D eigenvalue weighted by Gasteiger charge is 2.16. The maximum Gasteiger partial charge on any atom is 0.248 e. The topological polar surface area (TPSA) is 34.5 Å². The molecule has 0 spiro atoms. The minimum atomic E-state index is 0.0434. The van der Waals surface area contributed by atoms with Gasteiger partial charge in [-0.15, -0.1) is 0 Å². The molecular weight excluding hydrogens is 360 g/mol. The van der Waals surface area contributed by atoms with Crippen LogP contribution in [0.2, 0.25) is 0 Å². The van der Waals surface area contributed by atoms with Gasteiger partial charge >= 0.3 is 0 Å². The molecule has 0 unspecified atom stereocenters. The van der Waals surface area contributed by atoms with Gasteiger partial charge in [0.15, 0.2) is 0 Å². The Balaban J connectivity index is 1.60. The first-order valence-corrected chi connectivity index (χ1v) is 10.3. The van der Waals surface area contributed by atoms with E-state index < -0.39 is 0 Å². The van der Waals surface area contributed by atoms with Crippen molar-refractivity contribution < 1.29 is 9.53 Å². The van der Waals surface area contributed by atoms with Crippen LogP contribution in [0.4, 0.5) is 0 Å².